The molecular formula is C10H18O. The fourth-order valence-corrected chi connectivity index (χ4v) is 0.948. The predicted octanol–water partition coefficient (Wildman–Crippen LogP) is 1.91. The van der Waals surface area contributed by atoms with Crippen LogP contribution >= 0.6 is 0 Å². The molecule has 3 atom stereocenters. The van der Waals surface area contributed by atoms with Crippen molar-refractivity contribution < 1.29 is 5.11 Å². The third-order valence-electron chi connectivity index (χ3n) is 2.37. The molecule has 0 bridgehead atoms. The molecule has 0 unspecified atom stereocenters. The second kappa shape index (κ2) is 4.41. The molecule has 0 amide bonds. The maximum atomic E-state index is 9.61. The van der Waals surface area contributed by atoms with Crippen LogP contribution in [-0.2, 0) is 0 Å². The Morgan fingerprint density at radius 3 is 1.91 bits per heavy atom. The van der Waals surface area contributed by atoms with Gasteiger partial charge in [-0.05, 0) is 18.8 Å². The first-order chi connectivity index (χ1) is 5.00. The Bertz CT molecular complexity index is 143. The highest BCUT2D eigenvalue weighted by molar-refractivity contribution is 4.95. The van der Waals surface area contributed by atoms with Crippen molar-refractivity contribution in [1.29, 1.82) is 0 Å². The van der Waals surface area contributed by atoms with Crippen molar-refractivity contribution in [3.8, 4) is 12.3 Å². The lowest BCUT2D eigenvalue weighted by molar-refractivity contribution is 0.0646. The van der Waals surface area contributed by atoms with Gasteiger partial charge in [0.15, 0.2) is 0 Å². The van der Waals surface area contributed by atoms with Gasteiger partial charge >= 0.3 is 0 Å². The lowest BCUT2D eigenvalue weighted by Gasteiger charge is -2.24. The van der Waals surface area contributed by atoms with Crippen molar-refractivity contribution in [2.45, 2.75) is 33.8 Å². The fraction of sp³-hybridized carbons (Fsp3) is 0.800. The largest absolute Gasteiger partial charge is 0.392 e. The Morgan fingerprint density at radius 1 is 1.18 bits per heavy atom. The van der Waals surface area contributed by atoms with Crippen LogP contribution in [0.4, 0.5) is 0 Å². The van der Waals surface area contributed by atoms with Gasteiger partial charge in [-0.25, -0.2) is 0 Å². The van der Waals surface area contributed by atoms with E-state index >= 15 is 0 Å². The molecule has 0 heterocycles. The lowest BCUT2D eigenvalue weighted by atomic mass is 9.86. The van der Waals surface area contributed by atoms with Crippen molar-refractivity contribution in [3.05, 3.63) is 0 Å². The molecule has 1 nitrogen and oxygen atoms in total. The molecule has 0 radical (unpaired) electrons. The van der Waals surface area contributed by atoms with Gasteiger partial charge in [-0.1, -0.05) is 20.8 Å². The zero-order chi connectivity index (χ0) is 9.02. The summed E-state index contributed by atoms with van der Waals surface area (Å²) < 4.78 is 0. The van der Waals surface area contributed by atoms with Crippen molar-refractivity contribution in [2.75, 3.05) is 0 Å². The molecule has 64 valence electrons. The van der Waals surface area contributed by atoms with Crippen molar-refractivity contribution in [1.82, 2.24) is 0 Å². The third kappa shape index (κ3) is 2.95. The van der Waals surface area contributed by atoms with Gasteiger partial charge in [0.05, 0.1) is 6.10 Å². The van der Waals surface area contributed by atoms with E-state index in [4.69, 9.17) is 6.42 Å². The molecule has 1 N–H and O–H groups in total. The number of hydrogen-bond acceptors (Lipinski definition) is 1. The van der Waals surface area contributed by atoms with Crippen LogP contribution in [0.5, 0.6) is 0 Å². The SMILES string of the molecule is C#C[C@@H](C)[C@@H](O)[C@@H](C)C(C)C. The van der Waals surface area contributed by atoms with Crippen molar-refractivity contribution in [2.24, 2.45) is 17.8 Å². The van der Waals surface area contributed by atoms with Crippen LogP contribution in [0.1, 0.15) is 27.7 Å². The quantitative estimate of drug-likeness (QED) is 0.616. The van der Waals surface area contributed by atoms with Gasteiger partial charge in [0.2, 0.25) is 0 Å². The van der Waals surface area contributed by atoms with Gasteiger partial charge in [-0.3, -0.25) is 0 Å². The van der Waals surface area contributed by atoms with Crippen LogP contribution in [0.25, 0.3) is 0 Å². The molecule has 0 spiro atoms. The third-order valence-corrected chi connectivity index (χ3v) is 2.37. The molecule has 0 aromatic carbocycles. The molecule has 0 rings (SSSR count). The summed E-state index contributed by atoms with van der Waals surface area (Å²) in [6.45, 7) is 8.10. The highest BCUT2D eigenvalue weighted by atomic mass is 16.3. The van der Waals surface area contributed by atoms with E-state index in [2.05, 4.69) is 19.8 Å². The zero-order valence-corrected chi connectivity index (χ0v) is 7.83. The van der Waals surface area contributed by atoms with E-state index in [1.807, 2.05) is 13.8 Å². The second-order valence-corrected chi connectivity index (χ2v) is 3.55. The van der Waals surface area contributed by atoms with Crippen LogP contribution in [-0.4, -0.2) is 11.2 Å². The van der Waals surface area contributed by atoms with E-state index in [0.29, 0.717) is 5.92 Å². The molecular weight excluding hydrogens is 136 g/mol. The summed E-state index contributed by atoms with van der Waals surface area (Å²) in [4.78, 5) is 0. The summed E-state index contributed by atoms with van der Waals surface area (Å²) in [7, 11) is 0. The number of aliphatic hydroxyl groups is 1. The molecule has 0 aliphatic heterocycles. The Morgan fingerprint density at radius 2 is 1.64 bits per heavy atom. The minimum atomic E-state index is -0.361. The number of terminal acetylenes is 1. The average molecular weight is 154 g/mol. The molecule has 11 heavy (non-hydrogen) atoms. The Labute approximate surface area is 69.8 Å². The molecule has 0 saturated carbocycles. The second-order valence-electron chi connectivity index (χ2n) is 3.55. The van der Waals surface area contributed by atoms with Crippen LogP contribution in [0.3, 0.4) is 0 Å². The van der Waals surface area contributed by atoms with Crippen LogP contribution < -0.4 is 0 Å². The summed E-state index contributed by atoms with van der Waals surface area (Å²) in [6.07, 6.45) is 4.84. The summed E-state index contributed by atoms with van der Waals surface area (Å²) in [5, 5.41) is 9.61. The highest BCUT2D eigenvalue weighted by Gasteiger charge is 2.21. The summed E-state index contributed by atoms with van der Waals surface area (Å²) in [5.74, 6) is 3.28. The van der Waals surface area contributed by atoms with Crippen molar-refractivity contribution >= 4 is 0 Å². The number of aliphatic hydroxyl groups excluding tert-OH is 1. The smallest absolute Gasteiger partial charge is 0.0702 e. The average Bonchev–Trinajstić information content (AvgIpc) is 2.00. The molecule has 0 fully saturated rings. The summed E-state index contributed by atoms with van der Waals surface area (Å²) in [5.41, 5.74) is 0. The summed E-state index contributed by atoms with van der Waals surface area (Å²) in [6, 6.07) is 0. The van der Waals surface area contributed by atoms with E-state index in [1.165, 1.54) is 0 Å². The molecule has 0 aliphatic rings. The summed E-state index contributed by atoms with van der Waals surface area (Å²) >= 11 is 0. The molecule has 1 heteroatoms. The first-order valence-electron chi connectivity index (χ1n) is 4.14. The predicted molar refractivity (Wildman–Crippen MR) is 48.0 cm³/mol. The highest BCUT2D eigenvalue weighted by Crippen LogP contribution is 2.19. The zero-order valence-electron chi connectivity index (χ0n) is 7.83. The first kappa shape index (κ1) is 10.5. The number of hydrogen-bond donors (Lipinski definition) is 1. The first-order valence-corrected chi connectivity index (χ1v) is 4.14. The normalized spacial score (nSPS) is 19.0. The van der Waals surface area contributed by atoms with E-state index in [9.17, 15) is 5.11 Å². The maximum Gasteiger partial charge on any atom is 0.0702 e. The number of rotatable bonds is 3. The molecule has 0 aromatic rings. The minimum Gasteiger partial charge on any atom is -0.392 e. The Hall–Kier alpha value is -0.480. The van der Waals surface area contributed by atoms with Crippen LogP contribution in [0, 0.1) is 30.1 Å². The van der Waals surface area contributed by atoms with Crippen molar-refractivity contribution in [3.63, 3.8) is 0 Å². The van der Waals surface area contributed by atoms with Crippen LogP contribution in [0.2, 0.25) is 0 Å². The van der Waals surface area contributed by atoms with E-state index in [-0.39, 0.29) is 17.9 Å². The van der Waals surface area contributed by atoms with E-state index in [0.717, 1.165) is 0 Å². The lowest BCUT2D eigenvalue weighted by Crippen LogP contribution is -2.28. The Kier molecular flexibility index (Phi) is 4.22. The standard InChI is InChI=1S/C10H18O/c1-6-8(4)10(11)9(5)7(2)3/h1,7-11H,2-5H3/t8-,9+,10-/m1/s1. The van der Waals surface area contributed by atoms with Gasteiger partial charge in [-0.15, -0.1) is 12.3 Å². The molecule has 0 aliphatic carbocycles. The molecule has 0 aromatic heterocycles. The Balaban J connectivity index is 4.03. The topological polar surface area (TPSA) is 20.2 Å². The van der Waals surface area contributed by atoms with Gasteiger partial charge in [0.1, 0.15) is 0 Å². The van der Waals surface area contributed by atoms with Crippen LogP contribution in [0.15, 0.2) is 0 Å². The van der Waals surface area contributed by atoms with E-state index < -0.39 is 0 Å². The van der Waals surface area contributed by atoms with Gasteiger partial charge < -0.3 is 5.11 Å². The van der Waals surface area contributed by atoms with Gasteiger partial charge in [0.25, 0.3) is 0 Å². The van der Waals surface area contributed by atoms with E-state index in [1.54, 1.807) is 0 Å². The molecule has 0 saturated heterocycles. The minimum absolute atomic E-state index is 0.0348. The maximum absolute atomic E-state index is 9.61. The fourth-order valence-electron chi connectivity index (χ4n) is 0.948. The monoisotopic (exact) mass is 154 g/mol. The van der Waals surface area contributed by atoms with Gasteiger partial charge in [-0.2, -0.15) is 0 Å². The van der Waals surface area contributed by atoms with Gasteiger partial charge in [0, 0.05) is 5.92 Å².